The summed E-state index contributed by atoms with van der Waals surface area (Å²) in [6.45, 7) is 10.0. The number of piperidine rings is 1. The van der Waals surface area contributed by atoms with Crippen molar-refractivity contribution in [2.45, 2.75) is 84.3 Å². The lowest BCUT2D eigenvalue weighted by molar-refractivity contribution is -0.134. The molecule has 0 aromatic heterocycles. The number of likely N-dealkylation sites (tertiary alicyclic amines) is 1. The van der Waals surface area contributed by atoms with Crippen molar-refractivity contribution in [2.24, 2.45) is 22.7 Å². The van der Waals surface area contributed by atoms with E-state index in [0.717, 1.165) is 12.3 Å². The van der Waals surface area contributed by atoms with Gasteiger partial charge in [-0.1, -0.05) is 34.1 Å². The van der Waals surface area contributed by atoms with E-state index in [4.69, 9.17) is 0 Å². The molecule has 1 saturated heterocycles. The Labute approximate surface area is 160 Å². The molecule has 150 valence electrons. The third-order valence-electron chi connectivity index (χ3n) is 8.15. The van der Waals surface area contributed by atoms with Crippen molar-refractivity contribution in [2.75, 3.05) is 18.8 Å². The van der Waals surface area contributed by atoms with Crippen molar-refractivity contribution in [3.8, 4) is 0 Å². The lowest BCUT2D eigenvalue weighted by Gasteiger charge is -2.40. The maximum atomic E-state index is 13.0. The van der Waals surface area contributed by atoms with Gasteiger partial charge in [0.05, 0.1) is 5.25 Å². The molecule has 2 saturated carbocycles. The number of rotatable bonds is 5. The maximum Gasteiger partial charge on any atom is 0.226 e. The topological polar surface area (TPSA) is 54.5 Å². The van der Waals surface area contributed by atoms with E-state index < -0.39 is 9.84 Å². The van der Waals surface area contributed by atoms with Crippen molar-refractivity contribution in [1.82, 2.24) is 4.90 Å². The lowest BCUT2D eigenvalue weighted by atomic mass is 9.66. The van der Waals surface area contributed by atoms with Crippen LogP contribution in [0.4, 0.5) is 0 Å². The maximum absolute atomic E-state index is 13.0. The van der Waals surface area contributed by atoms with Crippen LogP contribution in [-0.2, 0) is 14.6 Å². The molecule has 0 aromatic carbocycles. The van der Waals surface area contributed by atoms with Crippen molar-refractivity contribution < 1.29 is 13.2 Å². The second-order valence-corrected chi connectivity index (χ2v) is 12.3. The first-order valence-corrected chi connectivity index (χ1v) is 12.4. The lowest BCUT2D eigenvalue weighted by Crippen LogP contribution is -2.44. The van der Waals surface area contributed by atoms with Crippen LogP contribution in [0.2, 0.25) is 0 Å². The molecule has 1 unspecified atom stereocenters. The first-order valence-electron chi connectivity index (χ1n) is 10.7. The molecule has 1 amide bonds. The van der Waals surface area contributed by atoms with Crippen molar-refractivity contribution in [3.05, 3.63) is 0 Å². The van der Waals surface area contributed by atoms with E-state index in [9.17, 15) is 13.2 Å². The molecule has 2 aliphatic carbocycles. The monoisotopic (exact) mass is 383 g/mol. The largest absolute Gasteiger partial charge is 0.342 e. The predicted octanol–water partition coefficient (Wildman–Crippen LogP) is 4.04. The highest BCUT2D eigenvalue weighted by Gasteiger charge is 2.60. The highest BCUT2D eigenvalue weighted by atomic mass is 32.2. The fraction of sp³-hybridized carbons (Fsp3) is 0.952. The van der Waals surface area contributed by atoms with Gasteiger partial charge in [0, 0.05) is 24.8 Å². The molecule has 3 aliphatic rings. The minimum atomic E-state index is -2.96. The smallest absolute Gasteiger partial charge is 0.226 e. The molecular weight excluding hydrogens is 346 g/mol. The fourth-order valence-electron chi connectivity index (χ4n) is 5.40. The second-order valence-electron chi connectivity index (χ2n) is 9.71. The summed E-state index contributed by atoms with van der Waals surface area (Å²) in [5.74, 6) is 1.54. The van der Waals surface area contributed by atoms with Gasteiger partial charge in [0.15, 0.2) is 9.84 Å². The quantitative estimate of drug-likeness (QED) is 0.720. The molecule has 1 atom stereocenters. The third kappa shape index (κ3) is 3.70. The van der Waals surface area contributed by atoms with E-state index in [1.807, 2.05) is 4.90 Å². The number of amides is 1. The van der Waals surface area contributed by atoms with Crippen LogP contribution in [0.25, 0.3) is 0 Å². The van der Waals surface area contributed by atoms with Gasteiger partial charge >= 0.3 is 0 Å². The zero-order valence-electron chi connectivity index (χ0n) is 17.1. The van der Waals surface area contributed by atoms with E-state index in [1.165, 1.54) is 32.1 Å². The number of carbonyl (C=O) groups excluding carboxylic acids is 1. The summed E-state index contributed by atoms with van der Waals surface area (Å²) in [7, 11) is -2.96. The Morgan fingerprint density at radius 1 is 1.08 bits per heavy atom. The highest BCUT2D eigenvalue weighted by molar-refractivity contribution is 7.92. The van der Waals surface area contributed by atoms with Gasteiger partial charge < -0.3 is 4.90 Å². The van der Waals surface area contributed by atoms with Crippen LogP contribution in [0.15, 0.2) is 0 Å². The fourth-order valence-corrected chi connectivity index (χ4v) is 6.80. The average Bonchev–Trinajstić information content (AvgIpc) is 3.34. The van der Waals surface area contributed by atoms with Gasteiger partial charge in [0.1, 0.15) is 0 Å². The summed E-state index contributed by atoms with van der Waals surface area (Å²) in [5.41, 5.74) is 0.701. The molecule has 5 heteroatoms. The van der Waals surface area contributed by atoms with Gasteiger partial charge in [-0.2, -0.15) is 0 Å². The molecule has 0 aromatic rings. The van der Waals surface area contributed by atoms with Gasteiger partial charge in [-0.25, -0.2) is 8.42 Å². The third-order valence-corrected chi connectivity index (χ3v) is 10.4. The van der Waals surface area contributed by atoms with Gasteiger partial charge in [0.25, 0.3) is 0 Å². The zero-order valence-corrected chi connectivity index (χ0v) is 17.9. The Bertz CT molecular complexity index is 624. The molecule has 0 N–H and O–H groups in total. The number of nitrogens with zero attached hydrogens (tertiary/aromatic N) is 1. The number of hydrogen-bond acceptors (Lipinski definition) is 3. The first kappa shape index (κ1) is 20.2. The van der Waals surface area contributed by atoms with Gasteiger partial charge in [0.2, 0.25) is 5.91 Å². The van der Waals surface area contributed by atoms with E-state index in [1.54, 1.807) is 6.92 Å². The first-order chi connectivity index (χ1) is 12.1. The van der Waals surface area contributed by atoms with Crippen molar-refractivity contribution >= 4 is 15.7 Å². The normalized spacial score (nSPS) is 33.5. The van der Waals surface area contributed by atoms with Crippen LogP contribution in [0.5, 0.6) is 0 Å². The van der Waals surface area contributed by atoms with Crippen molar-refractivity contribution in [3.63, 3.8) is 0 Å². The summed E-state index contributed by atoms with van der Waals surface area (Å²) in [4.78, 5) is 14.9. The Morgan fingerprint density at radius 2 is 1.65 bits per heavy atom. The van der Waals surface area contributed by atoms with Crippen molar-refractivity contribution in [1.29, 1.82) is 0 Å². The second kappa shape index (κ2) is 7.10. The molecule has 4 nitrogen and oxygen atoms in total. The van der Waals surface area contributed by atoms with Gasteiger partial charge in [-0.15, -0.1) is 0 Å². The van der Waals surface area contributed by atoms with E-state index in [2.05, 4.69) is 20.8 Å². The van der Waals surface area contributed by atoms with Crippen LogP contribution >= 0.6 is 0 Å². The van der Waals surface area contributed by atoms with Crippen LogP contribution < -0.4 is 0 Å². The summed E-state index contributed by atoms with van der Waals surface area (Å²) >= 11 is 0. The SMILES string of the molecule is CCC(C)(C)C1CCC2(CC1)CC2C(=O)N1CCC(S(=O)(=O)CC)CC1. The van der Waals surface area contributed by atoms with E-state index in [-0.39, 0.29) is 22.3 Å². The number of sulfone groups is 1. The minimum Gasteiger partial charge on any atom is -0.342 e. The Balaban J connectivity index is 1.51. The molecule has 3 rings (SSSR count). The summed E-state index contributed by atoms with van der Waals surface area (Å²) in [5, 5.41) is -0.239. The predicted molar refractivity (Wildman–Crippen MR) is 106 cm³/mol. The number of hydrogen-bond donors (Lipinski definition) is 0. The molecule has 26 heavy (non-hydrogen) atoms. The molecule has 3 fully saturated rings. The Hall–Kier alpha value is -0.580. The Kier molecular flexibility index (Phi) is 5.51. The molecule has 1 heterocycles. The van der Waals surface area contributed by atoms with Crippen LogP contribution in [-0.4, -0.2) is 43.3 Å². The van der Waals surface area contributed by atoms with E-state index >= 15 is 0 Å². The van der Waals surface area contributed by atoms with Crippen LogP contribution in [0.3, 0.4) is 0 Å². The summed E-state index contributed by atoms with van der Waals surface area (Å²) in [6.07, 6.45) is 8.48. The van der Waals surface area contributed by atoms with Crippen LogP contribution in [0.1, 0.15) is 79.1 Å². The summed E-state index contributed by atoms with van der Waals surface area (Å²) < 4.78 is 24.1. The molecule has 0 radical (unpaired) electrons. The average molecular weight is 384 g/mol. The highest BCUT2D eigenvalue weighted by Crippen LogP contribution is 2.64. The molecule has 1 aliphatic heterocycles. The van der Waals surface area contributed by atoms with Gasteiger partial charge in [-0.3, -0.25) is 4.79 Å². The molecule has 0 bridgehead atoms. The summed E-state index contributed by atoms with van der Waals surface area (Å²) in [6, 6.07) is 0. The minimum absolute atomic E-state index is 0.215. The van der Waals surface area contributed by atoms with Gasteiger partial charge in [-0.05, 0) is 61.7 Å². The standard InChI is InChI=1S/C21H37NO3S/c1-5-20(3,4)16-7-11-21(12-8-16)15-18(21)19(23)22-13-9-17(10-14-22)26(24,25)6-2/h16-18H,5-15H2,1-4H3. The number of carbonyl (C=O) groups is 1. The molecular formula is C21H37NO3S. The van der Waals surface area contributed by atoms with E-state index in [0.29, 0.717) is 37.3 Å². The zero-order chi connectivity index (χ0) is 19.2. The molecule has 1 spiro atoms. The van der Waals surface area contributed by atoms with Crippen LogP contribution in [0, 0.1) is 22.7 Å². The Morgan fingerprint density at radius 3 is 2.15 bits per heavy atom.